The number of thiophene rings is 1. The van der Waals surface area contributed by atoms with Crippen molar-refractivity contribution in [2.75, 3.05) is 32.9 Å². The van der Waals surface area contributed by atoms with Crippen molar-refractivity contribution in [1.82, 2.24) is 4.90 Å². The number of aliphatic hydroxyl groups excluding tert-OH is 1. The molecule has 4 nitrogen and oxygen atoms in total. The van der Waals surface area contributed by atoms with Crippen molar-refractivity contribution in [3.8, 4) is 0 Å². The van der Waals surface area contributed by atoms with E-state index in [0.717, 1.165) is 25.7 Å². The second-order valence-corrected chi connectivity index (χ2v) is 6.76. The molecule has 1 aliphatic carbocycles. The minimum Gasteiger partial charge on any atom is -0.389 e. The van der Waals surface area contributed by atoms with Crippen molar-refractivity contribution in [2.45, 2.75) is 31.6 Å². The smallest absolute Gasteiger partial charge is 0.0900 e. The summed E-state index contributed by atoms with van der Waals surface area (Å²) in [7, 11) is 0. The van der Waals surface area contributed by atoms with E-state index in [-0.39, 0.29) is 0 Å². The molecule has 0 spiro atoms. The molecule has 112 valence electrons. The highest BCUT2D eigenvalue weighted by Gasteiger charge is 2.37. The highest BCUT2D eigenvalue weighted by molar-refractivity contribution is 7.09. The third-order valence-electron chi connectivity index (χ3n) is 4.03. The first-order chi connectivity index (χ1) is 9.83. The summed E-state index contributed by atoms with van der Waals surface area (Å²) in [5.41, 5.74) is 0. The van der Waals surface area contributed by atoms with E-state index in [0.29, 0.717) is 25.8 Å². The van der Waals surface area contributed by atoms with Gasteiger partial charge in [0.15, 0.2) is 0 Å². The number of rotatable bonds is 7. The van der Waals surface area contributed by atoms with Crippen LogP contribution in [0.15, 0.2) is 17.5 Å². The summed E-state index contributed by atoms with van der Waals surface area (Å²) in [6.07, 6.45) is 2.22. The molecule has 0 amide bonds. The molecular weight excluding hydrogens is 274 g/mol. The lowest BCUT2D eigenvalue weighted by Gasteiger charge is -2.36. The van der Waals surface area contributed by atoms with Crippen LogP contribution in [-0.4, -0.2) is 55.1 Å². The molecule has 2 atom stereocenters. The Hall–Kier alpha value is -0.460. The molecule has 0 radical (unpaired) electrons. The Kier molecular flexibility index (Phi) is 5.07. The molecule has 5 heteroatoms. The maximum Gasteiger partial charge on any atom is 0.0900 e. The van der Waals surface area contributed by atoms with E-state index in [4.69, 9.17) is 9.47 Å². The number of morpholine rings is 1. The van der Waals surface area contributed by atoms with Crippen LogP contribution in [-0.2, 0) is 16.1 Å². The maximum atomic E-state index is 10.1. The van der Waals surface area contributed by atoms with Gasteiger partial charge in [-0.15, -0.1) is 11.3 Å². The number of aliphatic hydroxyl groups is 1. The van der Waals surface area contributed by atoms with E-state index < -0.39 is 6.10 Å². The first kappa shape index (κ1) is 14.5. The third-order valence-corrected chi connectivity index (χ3v) is 4.88. The van der Waals surface area contributed by atoms with Gasteiger partial charge in [-0.2, -0.15) is 0 Å². The van der Waals surface area contributed by atoms with E-state index in [1.54, 1.807) is 11.3 Å². The Morgan fingerprint density at radius 3 is 3.15 bits per heavy atom. The Balaban J connectivity index is 1.39. The predicted octanol–water partition coefficient (Wildman–Crippen LogP) is 1.74. The average Bonchev–Trinajstić information content (AvgIpc) is 3.17. The molecule has 1 saturated heterocycles. The van der Waals surface area contributed by atoms with Gasteiger partial charge in [-0.25, -0.2) is 0 Å². The Bertz CT molecular complexity index is 394. The lowest BCUT2D eigenvalue weighted by atomic mass is 10.1. The van der Waals surface area contributed by atoms with Crippen LogP contribution < -0.4 is 0 Å². The predicted molar refractivity (Wildman–Crippen MR) is 78.9 cm³/mol. The minimum atomic E-state index is -0.408. The molecule has 1 N–H and O–H groups in total. The molecule has 1 aliphatic heterocycles. The molecule has 1 aromatic rings. The number of hydrogen-bond acceptors (Lipinski definition) is 5. The molecule has 0 aromatic carbocycles. The quantitative estimate of drug-likeness (QED) is 0.832. The number of nitrogens with zero attached hydrogens (tertiary/aromatic N) is 1. The SMILES string of the molecule is OC(COCc1cccs1)CN1CCOCC1C1CC1. The highest BCUT2D eigenvalue weighted by atomic mass is 32.1. The Morgan fingerprint density at radius 2 is 2.40 bits per heavy atom. The topological polar surface area (TPSA) is 41.9 Å². The molecule has 1 aromatic heterocycles. The lowest BCUT2D eigenvalue weighted by Crippen LogP contribution is -2.50. The van der Waals surface area contributed by atoms with Gasteiger partial charge in [-0.1, -0.05) is 6.07 Å². The van der Waals surface area contributed by atoms with Crippen molar-refractivity contribution in [2.24, 2.45) is 5.92 Å². The van der Waals surface area contributed by atoms with E-state index >= 15 is 0 Å². The van der Waals surface area contributed by atoms with Crippen molar-refractivity contribution in [3.05, 3.63) is 22.4 Å². The van der Waals surface area contributed by atoms with Gasteiger partial charge in [0.1, 0.15) is 0 Å². The monoisotopic (exact) mass is 297 g/mol. The fourth-order valence-electron chi connectivity index (χ4n) is 2.81. The van der Waals surface area contributed by atoms with E-state index in [1.165, 1.54) is 17.7 Å². The standard InChI is InChI=1S/C15H23NO3S/c17-13(9-19-10-14-2-1-7-20-14)8-16-5-6-18-11-15(16)12-3-4-12/h1-2,7,12-13,15,17H,3-6,8-11H2. The number of ether oxygens (including phenoxy) is 2. The summed E-state index contributed by atoms with van der Waals surface area (Å²) in [4.78, 5) is 3.60. The van der Waals surface area contributed by atoms with Crippen LogP contribution in [0.4, 0.5) is 0 Å². The van der Waals surface area contributed by atoms with Crippen LogP contribution in [0.2, 0.25) is 0 Å². The van der Waals surface area contributed by atoms with Crippen LogP contribution >= 0.6 is 11.3 Å². The van der Waals surface area contributed by atoms with Crippen LogP contribution in [0.1, 0.15) is 17.7 Å². The van der Waals surface area contributed by atoms with Gasteiger partial charge in [-0.3, -0.25) is 4.90 Å². The van der Waals surface area contributed by atoms with E-state index in [2.05, 4.69) is 11.0 Å². The first-order valence-electron chi connectivity index (χ1n) is 7.43. The van der Waals surface area contributed by atoms with Gasteiger partial charge in [0.2, 0.25) is 0 Å². The van der Waals surface area contributed by atoms with Crippen molar-refractivity contribution >= 4 is 11.3 Å². The fraction of sp³-hybridized carbons (Fsp3) is 0.733. The molecule has 1 saturated carbocycles. The zero-order chi connectivity index (χ0) is 13.8. The second-order valence-electron chi connectivity index (χ2n) is 5.72. The largest absolute Gasteiger partial charge is 0.389 e. The van der Waals surface area contributed by atoms with Gasteiger partial charge in [0.05, 0.1) is 32.5 Å². The summed E-state index contributed by atoms with van der Waals surface area (Å²) in [5, 5.41) is 12.2. The second kappa shape index (κ2) is 7.00. The third kappa shape index (κ3) is 4.02. The zero-order valence-corrected chi connectivity index (χ0v) is 12.6. The van der Waals surface area contributed by atoms with Gasteiger partial charge in [-0.05, 0) is 30.2 Å². The van der Waals surface area contributed by atoms with Crippen molar-refractivity contribution < 1.29 is 14.6 Å². The van der Waals surface area contributed by atoms with Gasteiger partial charge < -0.3 is 14.6 Å². The summed E-state index contributed by atoms with van der Waals surface area (Å²) in [6, 6.07) is 4.59. The minimum absolute atomic E-state index is 0.408. The zero-order valence-electron chi connectivity index (χ0n) is 11.7. The summed E-state index contributed by atoms with van der Waals surface area (Å²) >= 11 is 1.69. The average molecular weight is 297 g/mol. The fourth-order valence-corrected chi connectivity index (χ4v) is 3.45. The lowest BCUT2D eigenvalue weighted by molar-refractivity contribution is -0.0499. The van der Waals surface area contributed by atoms with Gasteiger partial charge >= 0.3 is 0 Å². The van der Waals surface area contributed by atoms with E-state index in [1.807, 2.05) is 11.4 Å². The molecule has 2 fully saturated rings. The normalized spacial score (nSPS) is 25.8. The van der Waals surface area contributed by atoms with Crippen LogP contribution in [0, 0.1) is 5.92 Å². The number of hydrogen-bond donors (Lipinski definition) is 1. The molecule has 2 unspecified atom stereocenters. The Labute approximate surface area is 124 Å². The van der Waals surface area contributed by atoms with Crippen molar-refractivity contribution in [3.63, 3.8) is 0 Å². The Morgan fingerprint density at radius 1 is 1.50 bits per heavy atom. The van der Waals surface area contributed by atoms with Gasteiger partial charge in [0.25, 0.3) is 0 Å². The molecule has 0 bridgehead atoms. The van der Waals surface area contributed by atoms with Crippen LogP contribution in [0.5, 0.6) is 0 Å². The van der Waals surface area contributed by atoms with Gasteiger partial charge in [0, 0.05) is 24.0 Å². The first-order valence-corrected chi connectivity index (χ1v) is 8.31. The molecule has 2 heterocycles. The molecule has 2 aliphatic rings. The summed E-state index contributed by atoms with van der Waals surface area (Å²) < 4.78 is 11.2. The summed E-state index contributed by atoms with van der Waals surface area (Å²) in [5.74, 6) is 0.787. The van der Waals surface area contributed by atoms with Crippen LogP contribution in [0.3, 0.4) is 0 Å². The highest BCUT2D eigenvalue weighted by Crippen LogP contribution is 2.36. The number of β-amino-alcohol motifs (C(OH)–C–C–N with tert-alkyl or cyclic N) is 1. The van der Waals surface area contributed by atoms with Crippen LogP contribution in [0.25, 0.3) is 0 Å². The molecule has 3 rings (SSSR count). The maximum absolute atomic E-state index is 10.1. The molecular formula is C15H23NO3S. The van der Waals surface area contributed by atoms with Crippen molar-refractivity contribution in [1.29, 1.82) is 0 Å². The molecule has 20 heavy (non-hydrogen) atoms. The summed E-state index contributed by atoms with van der Waals surface area (Å²) in [6.45, 7) is 4.26. The van der Waals surface area contributed by atoms with E-state index in [9.17, 15) is 5.11 Å².